The second kappa shape index (κ2) is 5.46. The molecule has 2 nitrogen and oxygen atoms in total. The summed E-state index contributed by atoms with van der Waals surface area (Å²) in [6, 6.07) is 0. The maximum atomic E-state index is 13.5. The maximum absolute atomic E-state index is 13.5. The van der Waals surface area contributed by atoms with Gasteiger partial charge in [0.25, 0.3) is 0 Å². The molecule has 0 spiro atoms. The van der Waals surface area contributed by atoms with Gasteiger partial charge in [0.15, 0.2) is 0 Å². The van der Waals surface area contributed by atoms with Crippen LogP contribution in [0, 0.1) is 11.8 Å². The third-order valence-corrected chi connectivity index (χ3v) is 4.20. The highest BCUT2D eigenvalue weighted by atomic mass is 19.1. The van der Waals surface area contributed by atoms with Gasteiger partial charge in [-0.2, -0.15) is 0 Å². The molecule has 2 heterocycles. The van der Waals surface area contributed by atoms with Crippen molar-refractivity contribution in [2.75, 3.05) is 26.2 Å². The van der Waals surface area contributed by atoms with Crippen molar-refractivity contribution in [2.24, 2.45) is 11.8 Å². The summed E-state index contributed by atoms with van der Waals surface area (Å²) in [4.78, 5) is 2.44. The summed E-state index contributed by atoms with van der Waals surface area (Å²) >= 11 is 0. The molecular formula is C13H24FNO. The zero-order valence-electron chi connectivity index (χ0n) is 10.5. The summed E-state index contributed by atoms with van der Waals surface area (Å²) in [5.74, 6) is 0.919. The topological polar surface area (TPSA) is 12.5 Å². The molecule has 2 rings (SSSR count). The van der Waals surface area contributed by atoms with Crippen LogP contribution < -0.4 is 0 Å². The number of halogens is 1. The van der Waals surface area contributed by atoms with Gasteiger partial charge in [-0.25, -0.2) is 4.39 Å². The first kappa shape index (κ1) is 12.3. The van der Waals surface area contributed by atoms with Gasteiger partial charge in [0.05, 0.1) is 6.10 Å². The Morgan fingerprint density at radius 2 is 1.88 bits per heavy atom. The quantitative estimate of drug-likeness (QED) is 0.721. The van der Waals surface area contributed by atoms with Crippen molar-refractivity contribution < 1.29 is 9.13 Å². The molecule has 0 aromatic rings. The van der Waals surface area contributed by atoms with Gasteiger partial charge in [0.2, 0.25) is 0 Å². The van der Waals surface area contributed by atoms with E-state index in [-0.39, 0.29) is 12.0 Å². The summed E-state index contributed by atoms with van der Waals surface area (Å²) in [5, 5.41) is 0. The van der Waals surface area contributed by atoms with E-state index >= 15 is 0 Å². The number of ether oxygens (including phenoxy) is 1. The van der Waals surface area contributed by atoms with Gasteiger partial charge < -0.3 is 9.64 Å². The van der Waals surface area contributed by atoms with Crippen LogP contribution in [0.25, 0.3) is 0 Å². The van der Waals surface area contributed by atoms with Crippen molar-refractivity contribution in [3.63, 3.8) is 0 Å². The van der Waals surface area contributed by atoms with Crippen LogP contribution in [0.15, 0.2) is 0 Å². The Hall–Kier alpha value is -0.150. The molecule has 0 N–H and O–H groups in total. The molecule has 0 aliphatic carbocycles. The summed E-state index contributed by atoms with van der Waals surface area (Å²) in [5.41, 5.74) is 0. The third-order valence-electron chi connectivity index (χ3n) is 4.20. The number of hydrogen-bond donors (Lipinski definition) is 0. The zero-order chi connectivity index (χ0) is 11.5. The van der Waals surface area contributed by atoms with E-state index in [0.29, 0.717) is 13.0 Å². The van der Waals surface area contributed by atoms with Crippen molar-refractivity contribution in [1.29, 1.82) is 0 Å². The fraction of sp³-hybridized carbons (Fsp3) is 1.00. The van der Waals surface area contributed by atoms with Crippen LogP contribution in [-0.4, -0.2) is 43.4 Å². The minimum absolute atomic E-state index is 0.0631. The van der Waals surface area contributed by atoms with Crippen molar-refractivity contribution in [2.45, 2.75) is 45.4 Å². The maximum Gasteiger partial charge on any atom is 0.107 e. The van der Waals surface area contributed by atoms with E-state index < -0.39 is 6.17 Å². The number of hydrogen-bond acceptors (Lipinski definition) is 2. The smallest absolute Gasteiger partial charge is 0.107 e. The van der Waals surface area contributed by atoms with Gasteiger partial charge in [-0.15, -0.1) is 0 Å². The Kier molecular flexibility index (Phi) is 4.20. The number of nitrogens with zero attached hydrogens (tertiary/aromatic N) is 1. The highest BCUT2D eigenvalue weighted by Crippen LogP contribution is 2.25. The van der Waals surface area contributed by atoms with Crippen molar-refractivity contribution in [3.8, 4) is 0 Å². The van der Waals surface area contributed by atoms with Crippen LogP contribution in [0.2, 0.25) is 0 Å². The lowest BCUT2D eigenvalue weighted by molar-refractivity contribution is -0.0749. The Bertz CT molecular complexity index is 216. The molecule has 2 saturated heterocycles. The predicted octanol–water partition coefficient (Wildman–Crippen LogP) is 2.48. The van der Waals surface area contributed by atoms with Crippen molar-refractivity contribution in [1.82, 2.24) is 4.90 Å². The fourth-order valence-electron chi connectivity index (χ4n) is 2.70. The SMILES string of the molecule is CC1CCN(C[C@H]2OCC[C@H](F)C2C)CC1. The number of piperidine rings is 1. The van der Waals surface area contributed by atoms with Gasteiger partial charge >= 0.3 is 0 Å². The molecule has 0 radical (unpaired) electrons. The molecule has 2 fully saturated rings. The first-order chi connectivity index (χ1) is 7.66. The molecule has 0 saturated carbocycles. The lowest BCUT2D eigenvalue weighted by atomic mass is 9.92. The second-order valence-corrected chi connectivity index (χ2v) is 5.56. The van der Waals surface area contributed by atoms with Gasteiger partial charge in [-0.05, 0) is 31.8 Å². The monoisotopic (exact) mass is 229 g/mol. The van der Waals surface area contributed by atoms with E-state index in [9.17, 15) is 4.39 Å². The molecule has 0 amide bonds. The first-order valence-electron chi connectivity index (χ1n) is 6.65. The fourth-order valence-corrected chi connectivity index (χ4v) is 2.70. The molecule has 2 aliphatic rings. The predicted molar refractivity (Wildman–Crippen MR) is 63.3 cm³/mol. The average molecular weight is 229 g/mol. The third kappa shape index (κ3) is 2.95. The minimum atomic E-state index is -0.664. The molecule has 2 aliphatic heterocycles. The molecule has 0 aromatic carbocycles. The van der Waals surface area contributed by atoms with E-state index in [4.69, 9.17) is 4.74 Å². The Morgan fingerprint density at radius 1 is 1.19 bits per heavy atom. The van der Waals surface area contributed by atoms with Gasteiger partial charge in [0, 0.05) is 25.5 Å². The molecule has 0 bridgehead atoms. The normalized spacial score (nSPS) is 38.8. The lowest BCUT2D eigenvalue weighted by Gasteiger charge is -2.38. The van der Waals surface area contributed by atoms with E-state index in [0.717, 1.165) is 25.6 Å². The zero-order valence-corrected chi connectivity index (χ0v) is 10.5. The summed E-state index contributed by atoms with van der Waals surface area (Å²) in [7, 11) is 0. The van der Waals surface area contributed by atoms with E-state index in [2.05, 4.69) is 11.8 Å². The standard InChI is InChI=1S/C13H24FNO/c1-10-3-6-15(7-4-10)9-13-11(2)12(14)5-8-16-13/h10-13H,3-9H2,1-2H3/t11?,12-,13+/m0/s1. The van der Waals surface area contributed by atoms with Crippen molar-refractivity contribution in [3.05, 3.63) is 0 Å². The van der Waals surface area contributed by atoms with E-state index in [1.54, 1.807) is 0 Å². The lowest BCUT2D eigenvalue weighted by Crippen LogP contribution is -2.46. The van der Waals surface area contributed by atoms with Crippen LogP contribution in [0.4, 0.5) is 4.39 Å². The van der Waals surface area contributed by atoms with Crippen LogP contribution in [0.5, 0.6) is 0 Å². The highest BCUT2D eigenvalue weighted by molar-refractivity contribution is 4.82. The molecule has 16 heavy (non-hydrogen) atoms. The molecule has 94 valence electrons. The Morgan fingerprint density at radius 3 is 2.56 bits per heavy atom. The van der Waals surface area contributed by atoms with Gasteiger partial charge in [0.1, 0.15) is 6.17 Å². The number of rotatable bonds is 2. The van der Waals surface area contributed by atoms with E-state index in [1.165, 1.54) is 12.8 Å². The molecule has 1 unspecified atom stereocenters. The molecule has 3 heteroatoms. The molecule has 0 aromatic heterocycles. The van der Waals surface area contributed by atoms with Gasteiger partial charge in [-0.3, -0.25) is 0 Å². The van der Waals surface area contributed by atoms with Gasteiger partial charge in [-0.1, -0.05) is 13.8 Å². The summed E-state index contributed by atoms with van der Waals surface area (Å²) < 4.78 is 19.3. The first-order valence-corrected chi connectivity index (χ1v) is 6.65. The number of likely N-dealkylation sites (tertiary alicyclic amines) is 1. The van der Waals surface area contributed by atoms with Crippen LogP contribution in [0.3, 0.4) is 0 Å². The van der Waals surface area contributed by atoms with Crippen molar-refractivity contribution >= 4 is 0 Å². The Balaban J connectivity index is 1.80. The van der Waals surface area contributed by atoms with Crippen LogP contribution in [0.1, 0.15) is 33.1 Å². The second-order valence-electron chi connectivity index (χ2n) is 5.56. The largest absolute Gasteiger partial charge is 0.376 e. The van der Waals surface area contributed by atoms with E-state index in [1.807, 2.05) is 6.92 Å². The summed E-state index contributed by atoms with van der Waals surface area (Å²) in [6.45, 7) is 8.14. The minimum Gasteiger partial charge on any atom is -0.376 e. The number of alkyl halides is 1. The van der Waals surface area contributed by atoms with Crippen LogP contribution in [-0.2, 0) is 4.74 Å². The summed E-state index contributed by atoms with van der Waals surface area (Å²) in [6.07, 6.45) is 2.58. The Labute approximate surface area is 98.1 Å². The van der Waals surface area contributed by atoms with Crippen LogP contribution >= 0.6 is 0 Å². The average Bonchev–Trinajstić information content (AvgIpc) is 2.28. The molecular weight excluding hydrogens is 205 g/mol. The molecule has 3 atom stereocenters. The highest BCUT2D eigenvalue weighted by Gasteiger charge is 2.32.